The number of hydrogen-bond donors (Lipinski definition) is 4. The van der Waals surface area contributed by atoms with Crippen LogP contribution in [0.2, 0.25) is 0 Å². The van der Waals surface area contributed by atoms with Gasteiger partial charge < -0.3 is 20.2 Å². The van der Waals surface area contributed by atoms with Crippen molar-refractivity contribution >= 4 is 13.6 Å². The first kappa shape index (κ1) is 12.3. The molecule has 0 aliphatic carbocycles. The van der Waals surface area contributed by atoms with E-state index in [1.807, 2.05) is 0 Å². The quantitative estimate of drug-likeness (QED) is 0.465. The number of hydrogen-bond acceptors (Lipinski definition) is 3. The van der Waals surface area contributed by atoms with Crippen LogP contribution >= 0.6 is 7.60 Å². The summed E-state index contributed by atoms with van der Waals surface area (Å²) in [5.74, 6) is -0.279. The molecule has 6 nitrogen and oxygen atoms in total. The van der Waals surface area contributed by atoms with Gasteiger partial charge in [-0.3, -0.25) is 9.36 Å². The van der Waals surface area contributed by atoms with Gasteiger partial charge in [0.15, 0.2) is 0 Å². The van der Waals surface area contributed by atoms with Crippen molar-refractivity contribution in [3.05, 3.63) is 11.9 Å². The van der Waals surface area contributed by atoms with Crippen molar-refractivity contribution in [2.24, 2.45) is 0 Å². The monoisotopic (exact) mass is 209 g/mol. The third kappa shape index (κ3) is 7.67. The molecule has 0 spiro atoms. The molecule has 1 atom stereocenters. The van der Waals surface area contributed by atoms with Crippen LogP contribution in [0.5, 0.6) is 0 Å². The van der Waals surface area contributed by atoms with E-state index in [1.165, 1.54) is 13.0 Å². The lowest BCUT2D eigenvalue weighted by molar-refractivity contribution is -0.138. The molecular formula is C6H12NO5P. The van der Waals surface area contributed by atoms with Crippen LogP contribution in [0.4, 0.5) is 0 Å². The summed E-state index contributed by atoms with van der Waals surface area (Å²) in [6.07, 6.45) is 1.19. The Morgan fingerprint density at radius 2 is 2.15 bits per heavy atom. The van der Waals surface area contributed by atoms with Gasteiger partial charge in [0, 0.05) is 12.4 Å². The summed E-state index contributed by atoms with van der Waals surface area (Å²) >= 11 is 0. The van der Waals surface area contributed by atoms with Crippen LogP contribution in [-0.4, -0.2) is 33.4 Å². The topological polar surface area (TPSA) is 107 Å². The maximum absolute atomic E-state index is 10.3. The number of carboxylic acid groups (broad SMARTS) is 1. The Morgan fingerprint density at radius 1 is 1.62 bits per heavy atom. The van der Waals surface area contributed by atoms with E-state index in [0.29, 0.717) is 0 Å². The van der Waals surface area contributed by atoms with E-state index in [4.69, 9.17) is 14.9 Å². The van der Waals surface area contributed by atoms with E-state index in [0.717, 1.165) is 5.82 Å². The molecule has 0 aliphatic rings. The smallest absolute Gasteiger partial charge is 0.348 e. The van der Waals surface area contributed by atoms with Gasteiger partial charge in [-0.2, -0.15) is 0 Å². The lowest BCUT2D eigenvalue weighted by Crippen LogP contribution is -2.33. The average Bonchev–Trinajstić information content (AvgIpc) is 1.95. The fourth-order valence-electron chi connectivity index (χ4n) is 0.522. The molecule has 4 N–H and O–H groups in total. The van der Waals surface area contributed by atoms with Gasteiger partial charge in [0.1, 0.15) is 6.04 Å². The molecular weight excluding hydrogens is 197 g/mol. The van der Waals surface area contributed by atoms with Crippen LogP contribution in [0.1, 0.15) is 6.92 Å². The van der Waals surface area contributed by atoms with Crippen LogP contribution in [-0.2, 0) is 9.36 Å². The van der Waals surface area contributed by atoms with Crippen molar-refractivity contribution in [1.82, 2.24) is 5.32 Å². The van der Waals surface area contributed by atoms with Crippen molar-refractivity contribution in [2.75, 3.05) is 6.54 Å². The summed E-state index contributed by atoms with van der Waals surface area (Å²) in [4.78, 5) is 27.0. The van der Waals surface area contributed by atoms with Gasteiger partial charge >= 0.3 is 13.6 Å². The second kappa shape index (κ2) is 5.14. The molecule has 0 aromatic heterocycles. The third-order valence-electron chi connectivity index (χ3n) is 1.21. The fraction of sp³-hybridized carbons (Fsp3) is 0.500. The van der Waals surface area contributed by atoms with E-state index in [9.17, 15) is 9.36 Å². The van der Waals surface area contributed by atoms with E-state index in [1.54, 1.807) is 0 Å². The highest BCUT2D eigenvalue weighted by molar-refractivity contribution is 7.55. The maximum Gasteiger partial charge on any atom is 0.348 e. The maximum atomic E-state index is 10.3. The van der Waals surface area contributed by atoms with Gasteiger partial charge in [-0.15, -0.1) is 0 Å². The molecule has 7 heteroatoms. The number of carboxylic acids is 1. The molecule has 76 valence electrons. The molecule has 0 unspecified atom stereocenters. The zero-order valence-corrected chi connectivity index (χ0v) is 7.94. The van der Waals surface area contributed by atoms with Gasteiger partial charge in [-0.05, 0) is 6.92 Å². The van der Waals surface area contributed by atoms with Crippen molar-refractivity contribution in [3.63, 3.8) is 0 Å². The molecule has 0 heterocycles. The number of rotatable bonds is 5. The second-order valence-electron chi connectivity index (χ2n) is 2.44. The predicted molar refractivity (Wildman–Crippen MR) is 46.3 cm³/mol. The first-order valence-corrected chi connectivity index (χ1v) is 5.20. The van der Waals surface area contributed by atoms with Crippen LogP contribution in [0.15, 0.2) is 11.9 Å². The normalized spacial score (nSPS) is 14.7. The van der Waals surface area contributed by atoms with Crippen molar-refractivity contribution in [1.29, 1.82) is 0 Å². The first-order chi connectivity index (χ1) is 5.83. The Hall–Kier alpha value is -0.680. The summed E-state index contributed by atoms with van der Waals surface area (Å²) in [5, 5.41) is 10.9. The van der Waals surface area contributed by atoms with Crippen LogP contribution < -0.4 is 5.32 Å². The minimum Gasteiger partial charge on any atom is -0.480 e. The predicted octanol–water partition coefficient (Wildman–Crippen LogP) is -0.260. The van der Waals surface area contributed by atoms with E-state index in [-0.39, 0.29) is 6.54 Å². The first-order valence-electron chi connectivity index (χ1n) is 3.52. The highest BCUT2D eigenvalue weighted by Crippen LogP contribution is 2.35. The Morgan fingerprint density at radius 3 is 2.54 bits per heavy atom. The lowest BCUT2D eigenvalue weighted by atomic mass is 10.3. The highest BCUT2D eigenvalue weighted by atomic mass is 31.2. The van der Waals surface area contributed by atoms with Crippen molar-refractivity contribution < 1.29 is 24.3 Å². The Balaban J connectivity index is 3.75. The molecule has 0 saturated carbocycles. The third-order valence-corrected chi connectivity index (χ3v) is 1.81. The van der Waals surface area contributed by atoms with E-state index < -0.39 is 19.6 Å². The lowest BCUT2D eigenvalue weighted by Gasteiger charge is -2.05. The SMILES string of the molecule is C[C@H](NCC=CP(=O)(O)O)C(=O)O. The molecule has 0 radical (unpaired) electrons. The van der Waals surface area contributed by atoms with Gasteiger partial charge in [0.25, 0.3) is 0 Å². The molecule has 0 bridgehead atoms. The summed E-state index contributed by atoms with van der Waals surface area (Å²) in [7, 11) is -4.12. The Bertz CT molecular complexity index is 245. The van der Waals surface area contributed by atoms with Crippen molar-refractivity contribution in [2.45, 2.75) is 13.0 Å². The second-order valence-corrected chi connectivity index (χ2v) is 3.92. The van der Waals surface area contributed by atoms with Gasteiger partial charge in [-0.1, -0.05) is 6.08 Å². The molecule has 0 amide bonds. The summed E-state index contributed by atoms with van der Waals surface area (Å²) in [5.41, 5.74) is 0. The number of aliphatic carboxylic acids is 1. The minimum atomic E-state index is -4.12. The minimum absolute atomic E-state index is 0.110. The molecule has 0 aliphatic heterocycles. The largest absolute Gasteiger partial charge is 0.480 e. The van der Waals surface area contributed by atoms with Gasteiger partial charge in [0.2, 0.25) is 0 Å². The van der Waals surface area contributed by atoms with E-state index >= 15 is 0 Å². The standard InChI is InChI=1S/C6H12NO5P/c1-5(6(8)9)7-3-2-4-13(10,11)12/h2,4-5,7H,3H2,1H3,(H,8,9)(H2,10,11,12)/t5-/m0/s1. The average molecular weight is 209 g/mol. The molecule has 0 fully saturated rings. The fourth-order valence-corrected chi connectivity index (χ4v) is 0.902. The van der Waals surface area contributed by atoms with Crippen LogP contribution in [0, 0.1) is 0 Å². The van der Waals surface area contributed by atoms with Gasteiger partial charge in [-0.25, -0.2) is 0 Å². The Labute approximate surface area is 75.4 Å². The van der Waals surface area contributed by atoms with Crippen LogP contribution in [0.25, 0.3) is 0 Å². The summed E-state index contributed by atoms with van der Waals surface area (Å²) in [6.45, 7) is 1.55. The molecule has 0 aromatic carbocycles. The molecule has 0 saturated heterocycles. The number of carbonyl (C=O) groups is 1. The molecule has 0 rings (SSSR count). The van der Waals surface area contributed by atoms with Crippen LogP contribution in [0.3, 0.4) is 0 Å². The number of nitrogens with one attached hydrogen (secondary N) is 1. The zero-order chi connectivity index (χ0) is 10.5. The Kier molecular flexibility index (Phi) is 4.87. The van der Waals surface area contributed by atoms with E-state index in [2.05, 4.69) is 5.32 Å². The summed E-state index contributed by atoms with van der Waals surface area (Å²) in [6, 6.07) is -0.735. The molecule has 13 heavy (non-hydrogen) atoms. The highest BCUT2D eigenvalue weighted by Gasteiger charge is 2.08. The van der Waals surface area contributed by atoms with Gasteiger partial charge in [0.05, 0.1) is 0 Å². The summed E-state index contributed by atoms with van der Waals surface area (Å²) < 4.78 is 10.3. The zero-order valence-electron chi connectivity index (χ0n) is 7.04. The molecule has 0 aromatic rings. The van der Waals surface area contributed by atoms with Crippen molar-refractivity contribution in [3.8, 4) is 0 Å².